The second kappa shape index (κ2) is 15.8. The Morgan fingerprint density at radius 2 is 1.37 bits per heavy atom. The van der Waals surface area contributed by atoms with E-state index in [2.05, 4.69) is 104 Å². The molecule has 0 aliphatic carbocycles. The van der Waals surface area contributed by atoms with Gasteiger partial charge in [-0.25, -0.2) is 0 Å². The Balaban J connectivity index is 1.19. The van der Waals surface area contributed by atoms with E-state index in [1.807, 2.05) is 42.5 Å². The molecule has 49 heavy (non-hydrogen) atoms. The minimum Gasteiger partial charge on any atom is -0.489 e. The number of hydrogen-bond donors (Lipinski definition) is 0. The summed E-state index contributed by atoms with van der Waals surface area (Å²) in [7, 11) is 0. The first-order valence-corrected chi connectivity index (χ1v) is 17.8. The predicted octanol–water partition coefficient (Wildman–Crippen LogP) is 10.9. The molecule has 0 saturated carbocycles. The highest BCUT2D eigenvalue weighted by atomic mass is 32.1. The normalized spacial score (nSPS) is 17.6. The highest BCUT2D eigenvalue weighted by Crippen LogP contribution is 2.42. The van der Waals surface area contributed by atoms with E-state index in [1.54, 1.807) is 11.3 Å². The summed E-state index contributed by atoms with van der Waals surface area (Å²) in [6.45, 7) is 8.78. The molecule has 0 unspecified atom stereocenters. The van der Waals surface area contributed by atoms with Crippen LogP contribution in [0.15, 0.2) is 140 Å². The van der Waals surface area contributed by atoms with Crippen LogP contribution in [0.2, 0.25) is 0 Å². The molecule has 1 fully saturated rings. The lowest BCUT2D eigenvalue weighted by Gasteiger charge is -2.36. The summed E-state index contributed by atoms with van der Waals surface area (Å²) in [6, 6.07) is 46.1. The van der Waals surface area contributed by atoms with Gasteiger partial charge in [-0.1, -0.05) is 116 Å². The Hall–Kier alpha value is -4.52. The van der Waals surface area contributed by atoms with Crippen molar-refractivity contribution >= 4 is 27.0 Å². The van der Waals surface area contributed by atoms with Gasteiger partial charge in [0.1, 0.15) is 12.4 Å². The Kier molecular flexibility index (Phi) is 10.6. The zero-order chi connectivity index (χ0) is 33.4. The SMILES string of the molecule is C=C(c1cc2ccccc2s1)c1cc([C@H]2C[C@@H](OCc3ccccc3)C[C@@H](COCc3ccccc3)O2)c(OCc2ccccc2)cc1C. The van der Waals surface area contributed by atoms with Gasteiger partial charge >= 0.3 is 0 Å². The molecule has 5 heteroatoms. The number of hydrogen-bond acceptors (Lipinski definition) is 5. The molecular formula is C44H42O4S. The minimum absolute atomic E-state index is 0.0122. The van der Waals surface area contributed by atoms with Crippen LogP contribution in [0.4, 0.5) is 0 Å². The van der Waals surface area contributed by atoms with E-state index in [9.17, 15) is 0 Å². The molecule has 1 saturated heterocycles. The van der Waals surface area contributed by atoms with Crippen LogP contribution in [-0.4, -0.2) is 18.8 Å². The van der Waals surface area contributed by atoms with Gasteiger partial charge in [-0.05, 0) is 70.0 Å². The van der Waals surface area contributed by atoms with Crippen LogP contribution >= 0.6 is 11.3 Å². The van der Waals surface area contributed by atoms with Gasteiger partial charge in [0.15, 0.2) is 0 Å². The molecule has 5 aromatic carbocycles. The monoisotopic (exact) mass is 666 g/mol. The molecule has 248 valence electrons. The van der Waals surface area contributed by atoms with Crippen LogP contribution in [0.1, 0.15) is 57.2 Å². The third kappa shape index (κ3) is 8.38. The number of rotatable bonds is 13. The van der Waals surface area contributed by atoms with E-state index in [0.29, 0.717) is 32.8 Å². The van der Waals surface area contributed by atoms with Crippen molar-refractivity contribution < 1.29 is 18.9 Å². The molecule has 7 rings (SSSR count). The van der Waals surface area contributed by atoms with Crippen molar-refractivity contribution in [3.05, 3.63) is 178 Å². The van der Waals surface area contributed by atoms with E-state index in [4.69, 9.17) is 18.9 Å². The summed E-state index contributed by atoms with van der Waals surface area (Å²) >= 11 is 1.78. The number of aryl methyl sites for hydroxylation is 1. The lowest BCUT2D eigenvalue weighted by atomic mass is 9.90. The van der Waals surface area contributed by atoms with Gasteiger partial charge in [0.05, 0.1) is 38.1 Å². The molecule has 2 heterocycles. The standard InChI is InChI=1S/C44H42O4S/c1-31-22-41(47-29-35-18-10-5-11-19-35)40(26-39(31)32(2)44-23-36-20-12-13-21-43(36)49-44)42-25-37(46-28-34-16-8-4-9-17-34)24-38(48-42)30-45-27-33-14-6-3-7-15-33/h3-23,26,37-38,42H,2,24-25,27-30H2,1H3/t37-,38-,42+/m0/s1. The van der Waals surface area contributed by atoms with Gasteiger partial charge in [-0.15, -0.1) is 11.3 Å². The van der Waals surface area contributed by atoms with Crippen LogP contribution in [0, 0.1) is 6.92 Å². The van der Waals surface area contributed by atoms with Crippen molar-refractivity contribution in [1.29, 1.82) is 0 Å². The highest BCUT2D eigenvalue weighted by molar-refractivity contribution is 7.20. The van der Waals surface area contributed by atoms with Gasteiger partial charge < -0.3 is 18.9 Å². The molecule has 0 N–H and O–H groups in total. The first kappa shape index (κ1) is 33.0. The van der Waals surface area contributed by atoms with E-state index in [-0.39, 0.29) is 18.3 Å². The Morgan fingerprint density at radius 1 is 0.735 bits per heavy atom. The number of benzene rings is 5. The maximum absolute atomic E-state index is 6.90. The summed E-state index contributed by atoms with van der Waals surface area (Å²) in [5.74, 6) is 0.826. The molecule has 1 aliphatic rings. The Bertz CT molecular complexity index is 1940. The van der Waals surface area contributed by atoms with Crippen molar-refractivity contribution in [3.8, 4) is 5.75 Å². The largest absolute Gasteiger partial charge is 0.489 e. The average Bonchev–Trinajstić information content (AvgIpc) is 3.59. The van der Waals surface area contributed by atoms with Gasteiger partial charge in [0.25, 0.3) is 0 Å². The van der Waals surface area contributed by atoms with Crippen molar-refractivity contribution in [1.82, 2.24) is 0 Å². The first-order valence-electron chi connectivity index (χ1n) is 17.0. The van der Waals surface area contributed by atoms with Gasteiger partial charge in [0.2, 0.25) is 0 Å². The third-order valence-electron chi connectivity index (χ3n) is 9.09. The molecule has 6 aromatic rings. The fraction of sp³-hybridized carbons (Fsp3) is 0.227. The molecule has 4 nitrogen and oxygen atoms in total. The van der Waals surface area contributed by atoms with Gasteiger partial charge in [-0.3, -0.25) is 0 Å². The number of ether oxygens (including phenoxy) is 4. The molecule has 0 bridgehead atoms. The van der Waals surface area contributed by atoms with Crippen LogP contribution in [0.5, 0.6) is 5.75 Å². The summed E-state index contributed by atoms with van der Waals surface area (Å²) in [5.41, 5.74) is 7.65. The van der Waals surface area contributed by atoms with E-state index in [1.165, 1.54) is 10.1 Å². The van der Waals surface area contributed by atoms with Crippen LogP contribution < -0.4 is 4.74 Å². The quantitative estimate of drug-likeness (QED) is 0.123. The van der Waals surface area contributed by atoms with E-state index >= 15 is 0 Å². The van der Waals surface area contributed by atoms with E-state index in [0.717, 1.165) is 56.0 Å². The third-order valence-corrected chi connectivity index (χ3v) is 10.3. The minimum atomic E-state index is -0.250. The zero-order valence-corrected chi connectivity index (χ0v) is 28.7. The summed E-state index contributed by atoms with van der Waals surface area (Å²) in [6.07, 6.45) is 1.07. The average molecular weight is 667 g/mol. The number of fused-ring (bicyclic) bond motifs is 1. The van der Waals surface area contributed by atoms with Crippen LogP contribution in [0.3, 0.4) is 0 Å². The maximum atomic E-state index is 6.90. The van der Waals surface area contributed by atoms with Crippen LogP contribution in [-0.2, 0) is 34.0 Å². The van der Waals surface area contributed by atoms with Gasteiger partial charge in [-0.2, -0.15) is 0 Å². The summed E-state index contributed by atoms with van der Waals surface area (Å²) in [5, 5.41) is 1.23. The van der Waals surface area contributed by atoms with Crippen molar-refractivity contribution in [2.75, 3.05) is 6.61 Å². The first-order chi connectivity index (χ1) is 24.1. The molecular weight excluding hydrogens is 625 g/mol. The van der Waals surface area contributed by atoms with Crippen molar-refractivity contribution in [2.24, 2.45) is 0 Å². The maximum Gasteiger partial charge on any atom is 0.125 e. The lowest BCUT2D eigenvalue weighted by Crippen LogP contribution is -2.36. The molecule has 0 radical (unpaired) electrons. The summed E-state index contributed by atoms with van der Waals surface area (Å²) < 4.78 is 27.6. The Morgan fingerprint density at radius 3 is 2.06 bits per heavy atom. The number of thiophene rings is 1. The lowest BCUT2D eigenvalue weighted by molar-refractivity contribution is -0.142. The fourth-order valence-electron chi connectivity index (χ4n) is 6.48. The predicted molar refractivity (Wildman–Crippen MR) is 200 cm³/mol. The molecule has 3 atom stereocenters. The van der Waals surface area contributed by atoms with Crippen LogP contribution in [0.25, 0.3) is 15.7 Å². The zero-order valence-electron chi connectivity index (χ0n) is 27.9. The van der Waals surface area contributed by atoms with E-state index < -0.39 is 0 Å². The second-order valence-corrected chi connectivity index (χ2v) is 13.8. The second-order valence-electron chi connectivity index (χ2n) is 12.7. The highest BCUT2D eigenvalue weighted by Gasteiger charge is 2.33. The summed E-state index contributed by atoms with van der Waals surface area (Å²) in [4.78, 5) is 1.16. The topological polar surface area (TPSA) is 36.9 Å². The van der Waals surface area contributed by atoms with Crippen molar-refractivity contribution in [2.45, 2.75) is 57.9 Å². The fourth-order valence-corrected chi connectivity index (χ4v) is 7.53. The van der Waals surface area contributed by atoms with Gasteiger partial charge in [0, 0.05) is 28.0 Å². The molecule has 1 aromatic heterocycles. The molecule has 0 spiro atoms. The Labute approximate surface area is 293 Å². The smallest absolute Gasteiger partial charge is 0.125 e. The van der Waals surface area contributed by atoms with Crippen molar-refractivity contribution in [3.63, 3.8) is 0 Å². The molecule has 1 aliphatic heterocycles. The molecule has 0 amide bonds.